The quantitative estimate of drug-likeness (QED) is 0.770. The summed E-state index contributed by atoms with van der Waals surface area (Å²) in [6.45, 7) is 3.63. The third kappa shape index (κ3) is 2.94. The summed E-state index contributed by atoms with van der Waals surface area (Å²) in [4.78, 5) is 11.2. The molecule has 0 saturated heterocycles. The van der Waals surface area contributed by atoms with Gasteiger partial charge in [-0.05, 0) is 31.5 Å². The second kappa shape index (κ2) is 4.29. The van der Waals surface area contributed by atoms with Gasteiger partial charge in [-0.3, -0.25) is 0 Å². The van der Waals surface area contributed by atoms with Gasteiger partial charge < -0.3 is 10.6 Å². The lowest BCUT2D eigenvalue weighted by Gasteiger charge is -2.26. The van der Waals surface area contributed by atoms with E-state index in [1.807, 2.05) is 13.8 Å². The fraction of sp³-hybridized carbons (Fsp3) is 0.364. The zero-order chi connectivity index (χ0) is 11.5. The van der Waals surface area contributed by atoms with Crippen LogP contribution in [0.25, 0.3) is 0 Å². The number of carbonyl (C=O) groups excluding carboxylic acids is 1. The van der Waals surface area contributed by atoms with Gasteiger partial charge >= 0.3 is 6.03 Å². The first-order chi connectivity index (χ1) is 6.95. The predicted octanol–water partition coefficient (Wildman–Crippen LogP) is 1.99. The predicted molar refractivity (Wildman–Crippen MR) is 57.0 cm³/mol. The first-order valence-electron chi connectivity index (χ1n) is 4.71. The Kier molecular flexibility index (Phi) is 3.29. The molecule has 3 nitrogen and oxygen atoms in total. The van der Waals surface area contributed by atoms with Gasteiger partial charge in [0, 0.05) is 7.05 Å². The van der Waals surface area contributed by atoms with E-state index in [1.165, 1.54) is 19.2 Å². The lowest BCUT2D eigenvalue weighted by atomic mass is 9.94. The summed E-state index contributed by atoms with van der Waals surface area (Å²) in [6.07, 6.45) is 0. The lowest BCUT2D eigenvalue weighted by Crippen LogP contribution is -2.45. The molecule has 1 rings (SSSR count). The summed E-state index contributed by atoms with van der Waals surface area (Å²) in [5, 5.41) is 5.19. The van der Waals surface area contributed by atoms with Crippen LogP contribution in [0.3, 0.4) is 0 Å². The van der Waals surface area contributed by atoms with E-state index in [4.69, 9.17) is 0 Å². The molecule has 0 radical (unpaired) electrons. The summed E-state index contributed by atoms with van der Waals surface area (Å²) in [6, 6.07) is 5.90. The Morgan fingerprint density at radius 2 is 2.07 bits per heavy atom. The summed E-state index contributed by atoms with van der Waals surface area (Å²) < 4.78 is 13.0. The van der Waals surface area contributed by atoms with Crippen LogP contribution in [0.5, 0.6) is 0 Å². The van der Waals surface area contributed by atoms with Crippen molar-refractivity contribution in [3.05, 3.63) is 35.6 Å². The molecular weight excluding hydrogens is 195 g/mol. The minimum absolute atomic E-state index is 0.288. The first-order valence-corrected chi connectivity index (χ1v) is 4.71. The summed E-state index contributed by atoms with van der Waals surface area (Å²) in [7, 11) is 1.54. The van der Waals surface area contributed by atoms with E-state index in [0.29, 0.717) is 0 Å². The minimum Gasteiger partial charge on any atom is -0.341 e. The molecule has 82 valence electrons. The molecule has 0 aliphatic carbocycles. The third-order valence-electron chi connectivity index (χ3n) is 2.20. The topological polar surface area (TPSA) is 41.1 Å². The van der Waals surface area contributed by atoms with E-state index < -0.39 is 5.54 Å². The Morgan fingerprint density at radius 1 is 1.40 bits per heavy atom. The molecule has 2 amide bonds. The SMILES string of the molecule is CNC(=O)NC(C)(C)c1cccc(F)c1. The van der Waals surface area contributed by atoms with Gasteiger partial charge in [-0.15, -0.1) is 0 Å². The van der Waals surface area contributed by atoms with Crippen molar-refractivity contribution in [3.8, 4) is 0 Å². The van der Waals surface area contributed by atoms with Crippen molar-refractivity contribution in [2.24, 2.45) is 0 Å². The number of halogens is 1. The van der Waals surface area contributed by atoms with Crippen molar-refractivity contribution in [2.45, 2.75) is 19.4 Å². The normalized spacial score (nSPS) is 10.9. The fourth-order valence-corrected chi connectivity index (χ4v) is 1.30. The first kappa shape index (κ1) is 11.5. The number of hydrogen-bond donors (Lipinski definition) is 2. The van der Waals surface area contributed by atoms with Crippen molar-refractivity contribution in [1.82, 2.24) is 10.6 Å². The maximum atomic E-state index is 13.0. The number of rotatable bonds is 2. The largest absolute Gasteiger partial charge is 0.341 e. The second-order valence-electron chi connectivity index (χ2n) is 3.84. The summed E-state index contributed by atoms with van der Waals surface area (Å²) in [5.74, 6) is -0.306. The van der Waals surface area contributed by atoms with E-state index in [0.717, 1.165) is 5.56 Å². The fourth-order valence-electron chi connectivity index (χ4n) is 1.30. The Morgan fingerprint density at radius 3 is 2.60 bits per heavy atom. The van der Waals surface area contributed by atoms with Gasteiger partial charge in [0.2, 0.25) is 0 Å². The molecule has 0 bridgehead atoms. The van der Waals surface area contributed by atoms with Crippen molar-refractivity contribution >= 4 is 6.03 Å². The van der Waals surface area contributed by atoms with Crippen LogP contribution in [0, 0.1) is 5.82 Å². The maximum Gasteiger partial charge on any atom is 0.315 e. The van der Waals surface area contributed by atoms with E-state index >= 15 is 0 Å². The van der Waals surface area contributed by atoms with E-state index in [9.17, 15) is 9.18 Å². The smallest absolute Gasteiger partial charge is 0.315 e. The third-order valence-corrected chi connectivity index (χ3v) is 2.20. The highest BCUT2D eigenvalue weighted by molar-refractivity contribution is 5.74. The number of carbonyl (C=O) groups is 1. The molecule has 2 N–H and O–H groups in total. The Balaban J connectivity index is 2.90. The monoisotopic (exact) mass is 210 g/mol. The number of hydrogen-bond acceptors (Lipinski definition) is 1. The minimum atomic E-state index is -0.595. The van der Waals surface area contributed by atoms with Crippen LogP contribution in [0.4, 0.5) is 9.18 Å². The van der Waals surface area contributed by atoms with Gasteiger partial charge in [-0.2, -0.15) is 0 Å². The van der Waals surface area contributed by atoms with E-state index in [-0.39, 0.29) is 11.8 Å². The zero-order valence-electron chi connectivity index (χ0n) is 9.10. The van der Waals surface area contributed by atoms with Gasteiger partial charge in [0.15, 0.2) is 0 Å². The molecule has 0 saturated carbocycles. The maximum absolute atomic E-state index is 13.0. The Labute approximate surface area is 88.7 Å². The van der Waals surface area contributed by atoms with Crippen molar-refractivity contribution in [2.75, 3.05) is 7.05 Å². The van der Waals surface area contributed by atoms with Crippen LogP contribution in [-0.2, 0) is 5.54 Å². The summed E-state index contributed by atoms with van der Waals surface area (Å²) in [5.41, 5.74) is 0.133. The molecule has 0 aliphatic rings. The van der Waals surface area contributed by atoms with Crippen molar-refractivity contribution < 1.29 is 9.18 Å². The van der Waals surface area contributed by atoms with Crippen molar-refractivity contribution in [3.63, 3.8) is 0 Å². The average Bonchev–Trinajstić information content (AvgIpc) is 2.17. The Hall–Kier alpha value is -1.58. The molecule has 0 aliphatic heterocycles. The van der Waals surface area contributed by atoms with Crippen LogP contribution in [0.15, 0.2) is 24.3 Å². The molecule has 0 fully saturated rings. The van der Waals surface area contributed by atoms with Crippen LogP contribution < -0.4 is 10.6 Å². The average molecular weight is 210 g/mol. The second-order valence-corrected chi connectivity index (χ2v) is 3.84. The lowest BCUT2D eigenvalue weighted by molar-refractivity contribution is 0.232. The van der Waals surface area contributed by atoms with E-state index in [2.05, 4.69) is 10.6 Å². The van der Waals surface area contributed by atoms with Gasteiger partial charge in [-0.25, -0.2) is 9.18 Å². The van der Waals surface area contributed by atoms with Crippen LogP contribution in [0.2, 0.25) is 0 Å². The molecule has 1 aromatic carbocycles. The Bertz CT molecular complexity index is 363. The molecule has 0 heterocycles. The van der Waals surface area contributed by atoms with Gasteiger partial charge in [-0.1, -0.05) is 12.1 Å². The molecule has 15 heavy (non-hydrogen) atoms. The number of nitrogens with one attached hydrogen (secondary N) is 2. The van der Waals surface area contributed by atoms with Crippen molar-refractivity contribution in [1.29, 1.82) is 0 Å². The zero-order valence-corrected chi connectivity index (χ0v) is 9.10. The van der Waals surface area contributed by atoms with E-state index in [1.54, 1.807) is 12.1 Å². The van der Waals surface area contributed by atoms with Crippen LogP contribution in [0.1, 0.15) is 19.4 Å². The molecule has 0 spiro atoms. The van der Waals surface area contributed by atoms with Gasteiger partial charge in [0.05, 0.1) is 5.54 Å². The van der Waals surface area contributed by atoms with Crippen LogP contribution >= 0.6 is 0 Å². The molecule has 4 heteroatoms. The summed E-state index contributed by atoms with van der Waals surface area (Å²) >= 11 is 0. The molecule has 0 atom stereocenters. The highest BCUT2D eigenvalue weighted by Crippen LogP contribution is 2.20. The van der Waals surface area contributed by atoms with Gasteiger partial charge in [0.1, 0.15) is 5.82 Å². The number of urea groups is 1. The standard InChI is InChI=1S/C11H15FN2O/c1-11(2,14-10(15)13-3)8-5-4-6-9(12)7-8/h4-7H,1-3H3,(H2,13,14,15). The number of benzene rings is 1. The van der Waals surface area contributed by atoms with Gasteiger partial charge in [0.25, 0.3) is 0 Å². The van der Waals surface area contributed by atoms with Crippen LogP contribution in [-0.4, -0.2) is 13.1 Å². The molecule has 0 unspecified atom stereocenters. The highest BCUT2D eigenvalue weighted by Gasteiger charge is 2.22. The highest BCUT2D eigenvalue weighted by atomic mass is 19.1. The molecule has 0 aromatic heterocycles. The number of amides is 2. The molecular formula is C11H15FN2O. The molecule has 1 aromatic rings.